The van der Waals surface area contributed by atoms with E-state index in [1.54, 1.807) is 0 Å². The third-order valence-electron chi connectivity index (χ3n) is 3.09. The molecular weight excluding hydrogens is 236 g/mol. The predicted molar refractivity (Wildman–Crippen MR) is 70.9 cm³/mol. The normalized spacial score (nSPS) is 18.2. The summed E-state index contributed by atoms with van der Waals surface area (Å²) in [6.45, 7) is 6.32. The fourth-order valence-electron chi connectivity index (χ4n) is 1.89. The van der Waals surface area contributed by atoms with Crippen LogP contribution in [0.2, 0.25) is 5.02 Å². The van der Waals surface area contributed by atoms with Gasteiger partial charge in [-0.15, -0.1) is 0 Å². The largest absolute Gasteiger partial charge is 0.492 e. The van der Waals surface area contributed by atoms with Crippen molar-refractivity contribution in [1.82, 2.24) is 9.80 Å². The Morgan fingerprint density at radius 1 is 1.12 bits per heavy atom. The molecule has 0 aromatic heterocycles. The summed E-state index contributed by atoms with van der Waals surface area (Å²) in [6, 6.07) is 7.53. The molecule has 1 aromatic carbocycles. The molecule has 0 saturated carbocycles. The predicted octanol–water partition coefficient (Wildman–Crippen LogP) is 1.97. The van der Waals surface area contributed by atoms with Crippen LogP contribution in [0.15, 0.2) is 24.3 Å². The SMILES string of the molecule is CN1CCN(CCOc2ccc(Cl)cc2)CC1. The first kappa shape index (κ1) is 12.7. The number of ether oxygens (including phenoxy) is 1. The standard InChI is InChI=1S/C13H19ClN2O/c1-15-6-8-16(9-7-15)10-11-17-13-4-2-12(14)3-5-13/h2-5H,6-11H2,1H3. The van der Waals surface area contributed by atoms with Gasteiger partial charge in [0.15, 0.2) is 0 Å². The van der Waals surface area contributed by atoms with Gasteiger partial charge in [-0.1, -0.05) is 11.6 Å². The Bertz CT molecular complexity index is 334. The number of hydrogen-bond donors (Lipinski definition) is 0. The molecule has 3 nitrogen and oxygen atoms in total. The van der Waals surface area contributed by atoms with E-state index in [1.807, 2.05) is 24.3 Å². The molecule has 1 saturated heterocycles. The number of benzene rings is 1. The Kier molecular flexibility index (Phi) is 4.66. The number of nitrogens with zero attached hydrogens (tertiary/aromatic N) is 2. The Morgan fingerprint density at radius 3 is 2.41 bits per heavy atom. The van der Waals surface area contributed by atoms with E-state index in [-0.39, 0.29) is 0 Å². The van der Waals surface area contributed by atoms with Crippen molar-refractivity contribution in [2.45, 2.75) is 0 Å². The highest BCUT2D eigenvalue weighted by atomic mass is 35.5. The molecule has 1 aliphatic heterocycles. The molecule has 17 heavy (non-hydrogen) atoms. The summed E-state index contributed by atoms with van der Waals surface area (Å²) < 4.78 is 5.68. The van der Waals surface area contributed by atoms with Gasteiger partial charge in [-0.05, 0) is 31.3 Å². The smallest absolute Gasteiger partial charge is 0.119 e. The fraction of sp³-hybridized carbons (Fsp3) is 0.538. The van der Waals surface area contributed by atoms with E-state index in [0.717, 1.165) is 50.1 Å². The van der Waals surface area contributed by atoms with E-state index < -0.39 is 0 Å². The van der Waals surface area contributed by atoms with Crippen molar-refractivity contribution in [1.29, 1.82) is 0 Å². The summed E-state index contributed by atoms with van der Waals surface area (Å²) in [7, 11) is 2.17. The zero-order chi connectivity index (χ0) is 12.1. The van der Waals surface area contributed by atoms with E-state index in [2.05, 4.69) is 16.8 Å². The third-order valence-corrected chi connectivity index (χ3v) is 3.34. The molecule has 0 spiro atoms. The van der Waals surface area contributed by atoms with Crippen LogP contribution < -0.4 is 4.74 Å². The van der Waals surface area contributed by atoms with Gasteiger partial charge in [0.1, 0.15) is 12.4 Å². The van der Waals surface area contributed by atoms with Gasteiger partial charge in [-0.3, -0.25) is 4.90 Å². The molecule has 4 heteroatoms. The summed E-state index contributed by atoms with van der Waals surface area (Å²) in [4.78, 5) is 4.80. The first-order chi connectivity index (χ1) is 8.24. The number of hydrogen-bond acceptors (Lipinski definition) is 3. The van der Waals surface area contributed by atoms with Crippen LogP contribution in [0.4, 0.5) is 0 Å². The fourth-order valence-corrected chi connectivity index (χ4v) is 2.02. The lowest BCUT2D eigenvalue weighted by molar-refractivity contribution is 0.134. The highest BCUT2D eigenvalue weighted by Gasteiger charge is 2.12. The minimum Gasteiger partial charge on any atom is -0.492 e. The lowest BCUT2D eigenvalue weighted by atomic mass is 10.3. The minimum atomic E-state index is 0.741. The average Bonchev–Trinajstić information content (AvgIpc) is 2.34. The van der Waals surface area contributed by atoms with E-state index in [0.29, 0.717) is 0 Å². The summed E-state index contributed by atoms with van der Waals surface area (Å²) in [5.41, 5.74) is 0. The number of halogens is 1. The lowest BCUT2D eigenvalue weighted by Gasteiger charge is -2.32. The lowest BCUT2D eigenvalue weighted by Crippen LogP contribution is -2.45. The number of rotatable bonds is 4. The van der Waals surface area contributed by atoms with Gasteiger partial charge in [-0.2, -0.15) is 0 Å². The molecule has 1 heterocycles. The Hall–Kier alpha value is -0.770. The van der Waals surface area contributed by atoms with Crippen molar-refractivity contribution in [3.8, 4) is 5.75 Å². The van der Waals surface area contributed by atoms with E-state index in [1.165, 1.54) is 0 Å². The molecule has 2 rings (SSSR count). The van der Waals surface area contributed by atoms with Crippen molar-refractivity contribution in [2.24, 2.45) is 0 Å². The number of piperazine rings is 1. The monoisotopic (exact) mass is 254 g/mol. The molecule has 0 bridgehead atoms. The Labute approximate surface area is 108 Å². The van der Waals surface area contributed by atoms with E-state index >= 15 is 0 Å². The number of likely N-dealkylation sites (N-methyl/N-ethyl adjacent to an activating group) is 1. The molecule has 0 radical (unpaired) electrons. The second-order valence-corrected chi connectivity index (χ2v) is 4.88. The quantitative estimate of drug-likeness (QED) is 0.817. The average molecular weight is 255 g/mol. The maximum atomic E-state index is 5.81. The van der Waals surface area contributed by atoms with Gasteiger partial charge < -0.3 is 9.64 Å². The van der Waals surface area contributed by atoms with Crippen LogP contribution >= 0.6 is 11.6 Å². The molecule has 1 aliphatic rings. The van der Waals surface area contributed by atoms with Gasteiger partial charge >= 0.3 is 0 Å². The molecule has 0 N–H and O–H groups in total. The van der Waals surface area contributed by atoms with E-state index in [4.69, 9.17) is 16.3 Å². The third kappa shape index (κ3) is 4.19. The van der Waals surface area contributed by atoms with Gasteiger partial charge in [0, 0.05) is 37.7 Å². The molecule has 1 aromatic rings. The maximum Gasteiger partial charge on any atom is 0.119 e. The molecule has 0 atom stereocenters. The molecule has 0 aliphatic carbocycles. The van der Waals surface area contributed by atoms with Gasteiger partial charge in [0.2, 0.25) is 0 Å². The van der Waals surface area contributed by atoms with Crippen LogP contribution in [0.25, 0.3) is 0 Å². The summed E-state index contributed by atoms with van der Waals surface area (Å²) >= 11 is 5.81. The Morgan fingerprint density at radius 2 is 1.76 bits per heavy atom. The van der Waals surface area contributed by atoms with Crippen LogP contribution in [0.1, 0.15) is 0 Å². The molecule has 0 unspecified atom stereocenters. The summed E-state index contributed by atoms with van der Waals surface area (Å²) in [6.07, 6.45) is 0. The first-order valence-corrected chi connectivity index (χ1v) is 6.41. The summed E-state index contributed by atoms with van der Waals surface area (Å²) in [5, 5.41) is 0.747. The van der Waals surface area contributed by atoms with Crippen molar-refractivity contribution in [3.63, 3.8) is 0 Å². The summed E-state index contributed by atoms with van der Waals surface area (Å²) in [5.74, 6) is 0.892. The molecule has 1 fully saturated rings. The highest BCUT2D eigenvalue weighted by molar-refractivity contribution is 6.30. The second-order valence-electron chi connectivity index (χ2n) is 4.45. The maximum absolute atomic E-state index is 5.81. The zero-order valence-corrected chi connectivity index (χ0v) is 11.0. The van der Waals surface area contributed by atoms with Crippen LogP contribution in [0.3, 0.4) is 0 Å². The van der Waals surface area contributed by atoms with Gasteiger partial charge in [0.25, 0.3) is 0 Å². The highest BCUT2D eigenvalue weighted by Crippen LogP contribution is 2.15. The van der Waals surface area contributed by atoms with Crippen LogP contribution in [-0.4, -0.2) is 56.2 Å². The van der Waals surface area contributed by atoms with Crippen molar-refractivity contribution in [2.75, 3.05) is 46.4 Å². The second kappa shape index (κ2) is 6.24. The van der Waals surface area contributed by atoms with Crippen LogP contribution in [0.5, 0.6) is 5.75 Å². The topological polar surface area (TPSA) is 15.7 Å². The van der Waals surface area contributed by atoms with Crippen LogP contribution in [0, 0.1) is 0 Å². The van der Waals surface area contributed by atoms with Crippen LogP contribution in [-0.2, 0) is 0 Å². The van der Waals surface area contributed by atoms with Crippen molar-refractivity contribution >= 4 is 11.6 Å². The Balaban J connectivity index is 1.67. The zero-order valence-electron chi connectivity index (χ0n) is 10.2. The minimum absolute atomic E-state index is 0.741. The van der Waals surface area contributed by atoms with Gasteiger partial charge in [-0.25, -0.2) is 0 Å². The molecular formula is C13H19ClN2O. The van der Waals surface area contributed by atoms with Crippen molar-refractivity contribution < 1.29 is 4.74 Å². The molecule has 94 valence electrons. The van der Waals surface area contributed by atoms with Gasteiger partial charge in [0.05, 0.1) is 0 Å². The molecule has 0 amide bonds. The first-order valence-electron chi connectivity index (χ1n) is 6.03. The van der Waals surface area contributed by atoms with E-state index in [9.17, 15) is 0 Å². The van der Waals surface area contributed by atoms with Crippen molar-refractivity contribution in [3.05, 3.63) is 29.3 Å².